The molecule has 1 rings (SSSR count). The van der Waals surface area contributed by atoms with Crippen molar-refractivity contribution in [2.45, 2.75) is 20.3 Å². The Hall–Kier alpha value is -2.38. The molecule has 0 aromatic carbocycles. The van der Waals surface area contributed by atoms with Crippen molar-refractivity contribution in [1.29, 1.82) is 0 Å². The molecule has 20 heavy (non-hydrogen) atoms. The number of carbonyl (C=O) groups is 1. The number of nitrogens with zero attached hydrogens (tertiary/aromatic N) is 2. The fraction of sp³-hybridized carbons (Fsp3) is 0.500. The lowest BCUT2D eigenvalue weighted by Gasteiger charge is -2.09. The number of anilines is 2. The molecule has 0 radical (unpaired) electrons. The van der Waals surface area contributed by atoms with Crippen LogP contribution < -0.4 is 16.0 Å². The molecular weight excluding hydrogens is 262 g/mol. The van der Waals surface area contributed by atoms with E-state index in [0.29, 0.717) is 18.9 Å². The summed E-state index contributed by atoms with van der Waals surface area (Å²) in [6, 6.07) is 2.89. The summed E-state index contributed by atoms with van der Waals surface area (Å²) in [6.45, 7) is 5.02. The summed E-state index contributed by atoms with van der Waals surface area (Å²) in [5.41, 5.74) is -0.157. The van der Waals surface area contributed by atoms with Crippen molar-refractivity contribution in [1.82, 2.24) is 10.3 Å². The molecule has 0 bridgehead atoms. The lowest BCUT2D eigenvalue weighted by molar-refractivity contribution is -0.384. The second-order valence-electron chi connectivity index (χ2n) is 4.06. The fourth-order valence-corrected chi connectivity index (χ4v) is 1.50. The van der Waals surface area contributed by atoms with E-state index in [4.69, 9.17) is 0 Å². The van der Waals surface area contributed by atoms with Gasteiger partial charge in [-0.1, -0.05) is 6.92 Å². The van der Waals surface area contributed by atoms with E-state index < -0.39 is 4.92 Å². The number of rotatable bonds is 8. The molecule has 0 saturated carbocycles. The third-order valence-electron chi connectivity index (χ3n) is 2.42. The molecule has 8 nitrogen and oxygen atoms in total. The highest BCUT2D eigenvalue weighted by atomic mass is 16.6. The Morgan fingerprint density at radius 2 is 2.10 bits per heavy atom. The maximum Gasteiger partial charge on any atom is 0.311 e. The summed E-state index contributed by atoms with van der Waals surface area (Å²) in [7, 11) is 0. The maximum atomic E-state index is 11.5. The number of carbonyl (C=O) groups excluding carboxylic acids is 1. The number of amides is 1. The Morgan fingerprint density at radius 1 is 1.35 bits per heavy atom. The molecule has 0 saturated heterocycles. The topological polar surface area (TPSA) is 109 Å². The first-order chi connectivity index (χ1) is 9.58. The summed E-state index contributed by atoms with van der Waals surface area (Å²) in [5, 5.41) is 19.2. The Morgan fingerprint density at radius 3 is 2.70 bits per heavy atom. The quantitative estimate of drug-likeness (QED) is 0.490. The summed E-state index contributed by atoms with van der Waals surface area (Å²) in [4.78, 5) is 26.0. The van der Waals surface area contributed by atoms with Crippen LogP contribution >= 0.6 is 0 Å². The van der Waals surface area contributed by atoms with Crippen LogP contribution in [0.5, 0.6) is 0 Å². The van der Waals surface area contributed by atoms with Gasteiger partial charge >= 0.3 is 5.69 Å². The second kappa shape index (κ2) is 7.93. The molecule has 0 atom stereocenters. The normalized spacial score (nSPS) is 9.90. The number of pyridine rings is 1. The molecule has 0 spiro atoms. The first kappa shape index (κ1) is 15.7. The van der Waals surface area contributed by atoms with E-state index in [1.54, 1.807) is 0 Å². The van der Waals surface area contributed by atoms with Gasteiger partial charge in [-0.05, 0) is 19.4 Å². The molecular formula is C12H19N5O3. The average Bonchev–Trinajstić information content (AvgIpc) is 2.43. The van der Waals surface area contributed by atoms with Gasteiger partial charge in [-0.3, -0.25) is 14.9 Å². The minimum atomic E-state index is -0.533. The van der Waals surface area contributed by atoms with E-state index in [2.05, 4.69) is 20.9 Å². The highest BCUT2D eigenvalue weighted by Gasteiger charge is 2.16. The number of hydrogen-bond acceptors (Lipinski definition) is 6. The molecule has 0 fully saturated rings. The molecule has 1 amide bonds. The predicted octanol–water partition coefficient (Wildman–Crippen LogP) is 1.36. The summed E-state index contributed by atoms with van der Waals surface area (Å²) >= 11 is 0. The zero-order chi connectivity index (χ0) is 15.0. The molecule has 0 unspecified atom stereocenters. The lowest BCUT2D eigenvalue weighted by atomic mass is 10.3. The van der Waals surface area contributed by atoms with Crippen LogP contribution in [0.4, 0.5) is 17.3 Å². The number of nitrogens with one attached hydrogen (secondary N) is 3. The Bertz CT molecular complexity index is 478. The monoisotopic (exact) mass is 281 g/mol. The Labute approximate surface area is 117 Å². The van der Waals surface area contributed by atoms with E-state index in [9.17, 15) is 14.9 Å². The highest BCUT2D eigenvalue weighted by molar-refractivity contribution is 5.81. The Kier molecular flexibility index (Phi) is 6.21. The standard InChI is InChI=1S/C12H19N5O3/c1-3-7-14-11(18)8-15-12-9(17(19)20)5-6-10(16-12)13-4-2/h5-6H,3-4,7-8H2,1-2H3,(H,14,18)(H2,13,15,16). The summed E-state index contributed by atoms with van der Waals surface area (Å²) < 4.78 is 0. The molecule has 1 aromatic rings. The van der Waals surface area contributed by atoms with Gasteiger partial charge in [0.2, 0.25) is 11.7 Å². The van der Waals surface area contributed by atoms with Crippen LogP contribution in [0.25, 0.3) is 0 Å². The zero-order valence-electron chi connectivity index (χ0n) is 11.6. The third kappa shape index (κ3) is 4.71. The van der Waals surface area contributed by atoms with Crippen molar-refractivity contribution in [2.75, 3.05) is 30.3 Å². The maximum absolute atomic E-state index is 11.5. The molecule has 0 aliphatic heterocycles. The smallest absolute Gasteiger partial charge is 0.311 e. The van der Waals surface area contributed by atoms with Crippen LogP contribution in [0, 0.1) is 10.1 Å². The van der Waals surface area contributed by atoms with Gasteiger partial charge in [0.05, 0.1) is 11.5 Å². The van der Waals surface area contributed by atoms with Gasteiger partial charge in [-0.2, -0.15) is 0 Å². The first-order valence-electron chi connectivity index (χ1n) is 6.48. The van der Waals surface area contributed by atoms with Gasteiger partial charge < -0.3 is 16.0 Å². The van der Waals surface area contributed by atoms with E-state index in [1.807, 2.05) is 13.8 Å². The van der Waals surface area contributed by atoms with Gasteiger partial charge in [-0.25, -0.2) is 4.98 Å². The average molecular weight is 281 g/mol. The molecule has 110 valence electrons. The van der Waals surface area contributed by atoms with Crippen molar-refractivity contribution in [3.05, 3.63) is 22.2 Å². The van der Waals surface area contributed by atoms with Crippen molar-refractivity contribution >= 4 is 23.2 Å². The molecule has 3 N–H and O–H groups in total. The van der Waals surface area contributed by atoms with E-state index in [0.717, 1.165) is 6.42 Å². The molecule has 1 heterocycles. The zero-order valence-corrected chi connectivity index (χ0v) is 11.6. The van der Waals surface area contributed by atoms with Gasteiger partial charge in [-0.15, -0.1) is 0 Å². The van der Waals surface area contributed by atoms with Gasteiger partial charge in [0.25, 0.3) is 0 Å². The van der Waals surface area contributed by atoms with Crippen LogP contribution in [-0.4, -0.2) is 35.4 Å². The first-order valence-corrected chi connectivity index (χ1v) is 6.48. The van der Waals surface area contributed by atoms with Crippen LogP contribution in [0.3, 0.4) is 0 Å². The Balaban J connectivity index is 2.76. The van der Waals surface area contributed by atoms with Crippen molar-refractivity contribution < 1.29 is 9.72 Å². The van der Waals surface area contributed by atoms with Crippen molar-refractivity contribution in [3.63, 3.8) is 0 Å². The van der Waals surface area contributed by atoms with Gasteiger partial charge in [0.1, 0.15) is 5.82 Å². The summed E-state index contributed by atoms with van der Waals surface area (Å²) in [6.07, 6.45) is 0.833. The molecule has 0 aliphatic rings. The third-order valence-corrected chi connectivity index (χ3v) is 2.42. The molecule has 1 aromatic heterocycles. The highest BCUT2D eigenvalue weighted by Crippen LogP contribution is 2.23. The second-order valence-corrected chi connectivity index (χ2v) is 4.06. The number of aromatic nitrogens is 1. The SMILES string of the molecule is CCCNC(=O)CNc1nc(NCC)ccc1[N+](=O)[O-]. The number of hydrogen-bond donors (Lipinski definition) is 3. The predicted molar refractivity (Wildman–Crippen MR) is 76.8 cm³/mol. The van der Waals surface area contributed by atoms with Crippen LogP contribution in [-0.2, 0) is 4.79 Å². The van der Waals surface area contributed by atoms with Crippen LogP contribution in [0.2, 0.25) is 0 Å². The fourth-order valence-electron chi connectivity index (χ4n) is 1.50. The van der Waals surface area contributed by atoms with Gasteiger partial charge in [0, 0.05) is 19.2 Å². The van der Waals surface area contributed by atoms with Crippen LogP contribution in [0.1, 0.15) is 20.3 Å². The number of nitro groups is 1. The van der Waals surface area contributed by atoms with Crippen molar-refractivity contribution in [2.24, 2.45) is 0 Å². The summed E-state index contributed by atoms with van der Waals surface area (Å²) in [5.74, 6) is 0.381. The van der Waals surface area contributed by atoms with Crippen molar-refractivity contribution in [3.8, 4) is 0 Å². The van der Waals surface area contributed by atoms with Crippen LogP contribution in [0.15, 0.2) is 12.1 Å². The van der Waals surface area contributed by atoms with E-state index in [1.165, 1.54) is 12.1 Å². The molecule has 0 aliphatic carbocycles. The minimum absolute atomic E-state index is 0.0522. The van der Waals surface area contributed by atoms with E-state index >= 15 is 0 Å². The van der Waals surface area contributed by atoms with Gasteiger partial charge in [0.15, 0.2) is 0 Å². The minimum Gasteiger partial charge on any atom is -0.370 e. The largest absolute Gasteiger partial charge is 0.370 e. The lowest BCUT2D eigenvalue weighted by Crippen LogP contribution is -2.30. The van der Waals surface area contributed by atoms with E-state index in [-0.39, 0.29) is 24.0 Å². The molecule has 8 heteroatoms.